The third-order valence-electron chi connectivity index (χ3n) is 4.66. The van der Waals surface area contributed by atoms with Gasteiger partial charge in [0.25, 0.3) is 0 Å². The molecule has 0 saturated heterocycles. The molecule has 1 aromatic heterocycles. The number of hydrogen-bond donors (Lipinski definition) is 1. The van der Waals surface area contributed by atoms with Crippen LogP contribution >= 0.6 is 11.6 Å². The predicted molar refractivity (Wildman–Crippen MR) is 85.0 cm³/mol. The molecular formula is C16H28ClN3. The highest BCUT2D eigenvalue weighted by Gasteiger charge is 2.18. The van der Waals surface area contributed by atoms with E-state index in [4.69, 9.17) is 11.6 Å². The lowest BCUT2D eigenvalue weighted by atomic mass is 9.81. The van der Waals surface area contributed by atoms with Crippen molar-refractivity contribution in [2.45, 2.75) is 58.9 Å². The van der Waals surface area contributed by atoms with Crippen LogP contribution in [0.25, 0.3) is 0 Å². The molecule has 1 aliphatic rings. The van der Waals surface area contributed by atoms with Gasteiger partial charge in [0.05, 0.1) is 16.4 Å². The summed E-state index contributed by atoms with van der Waals surface area (Å²) in [4.78, 5) is 0. The Morgan fingerprint density at radius 3 is 2.60 bits per heavy atom. The number of aryl methyl sites for hydroxylation is 2. The van der Waals surface area contributed by atoms with E-state index in [1.165, 1.54) is 32.1 Å². The molecule has 114 valence electrons. The van der Waals surface area contributed by atoms with Crippen LogP contribution in [-0.2, 0) is 20.0 Å². The van der Waals surface area contributed by atoms with Gasteiger partial charge < -0.3 is 5.32 Å². The number of nitrogens with zero attached hydrogens (tertiary/aromatic N) is 2. The van der Waals surface area contributed by atoms with Crippen LogP contribution < -0.4 is 5.32 Å². The highest BCUT2D eigenvalue weighted by molar-refractivity contribution is 6.31. The maximum Gasteiger partial charge on any atom is 0.0863 e. The van der Waals surface area contributed by atoms with Crippen LogP contribution in [-0.4, -0.2) is 16.3 Å². The Morgan fingerprint density at radius 1 is 1.30 bits per heavy atom. The van der Waals surface area contributed by atoms with Crippen molar-refractivity contribution in [3.05, 3.63) is 16.4 Å². The van der Waals surface area contributed by atoms with E-state index in [1.54, 1.807) is 0 Å². The summed E-state index contributed by atoms with van der Waals surface area (Å²) in [7, 11) is 1.98. The smallest absolute Gasteiger partial charge is 0.0863 e. The van der Waals surface area contributed by atoms with Crippen molar-refractivity contribution >= 4 is 11.6 Å². The van der Waals surface area contributed by atoms with Gasteiger partial charge in [0.15, 0.2) is 0 Å². The van der Waals surface area contributed by atoms with Gasteiger partial charge in [0.1, 0.15) is 0 Å². The van der Waals surface area contributed by atoms with Gasteiger partial charge >= 0.3 is 0 Å². The van der Waals surface area contributed by atoms with E-state index in [9.17, 15) is 0 Å². The lowest BCUT2D eigenvalue weighted by molar-refractivity contribution is 0.275. The number of nitrogens with one attached hydrogen (secondary N) is 1. The van der Waals surface area contributed by atoms with E-state index in [2.05, 4.69) is 24.3 Å². The second kappa shape index (κ2) is 7.46. The molecule has 0 radical (unpaired) electrons. The van der Waals surface area contributed by atoms with Crippen molar-refractivity contribution in [2.75, 3.05) is 6.54 Å². The fourth-order valence-electron chi connectivity index (χ4n) is 3.14. The van der Waals surface area contributed by atoms with Gasteiger partial charge in [-0.05, 0) is 31.2 Å². The van der Waals surface area contributed by atoms with E-state index in [0.29, 0.717) is 0 Å². The number of aromatic nitrogens is 2. The molecule has 1 saturated carbocycles. The molecule has 1 fully saturated rings. The summed E-state index contributed by atoms with van der Waals surface area (Å²) < 4.78 is 1.91. The number of rotatable bonds is 6. The van der Waals surface area contributed by atoms with Crippen molar-refractivity contribution < 1.29 is 0 Å². The molecule has 0 amide bonds. The number of hydrogen-bond acceptors (Lipinski definition) is 2. The maximum absolute atomic E-state index is 6.35. The van der Waals surface area contributed by atoms with Gasteiger partial charge in [-0.3, -0.25) is 4.68 Å². The zero-order chi connectivity index (χ0) is 14.5. The molecule has 20 heavy (non-hydrogen) atoms. The third kappa shape index (κ3) is 3.98. The SMILES string of the molecule is CCc1nn(C)c(CNCCC2CCC(C)CC2)c1Cl. The van der Waals surface area contributed by atoms with E-state index >= 15 is 0 Å². The van der Waals surface area contributed by atoms with Crippen molar-refractivity contribution in [1.29, 1.82) is 0 Å². The molecule has 0 unspecified atom stereocenters. The molecule has 0 atom stereocenters. The van der Waals surface area contributed by atoms with Crippen molar-refractivity contribution in [1.82, 2.24) is 15.1 Å². The summed E-state index contributed by atoms with van der Waals surface area (Å²) in [6, 6.07) is 0. The molecule has 2 rings (SSSR count). The second-order valence-corrected chi connectivity index (χ2v) is 6.65. The third-order valence-corrected chi connectivity index (χ3v) is 5.10. The van der Waals surface area contributed by atoms with Crippen molar-refractivity contribution in [3.8, 4) is 0 Å². The summed E-state index contributed by atoms with van der Waals surface area (Å²) in [5, 5.41) is 8.83. The molecule has 0 aromatic carbocycles. The summed E-state index contributed by atoms with van der Waals surface area (Å²) in [6.45, 7) is 6.38. The first kappa shape index (κ1) is 15.8. The molecule has 1 aliphatic carbocycles. The summed E-state index contributed by atoms with van der Waals surface area (Å²) >= 11 is 6.35. The average Bonchev–Trinajstić information content (AvgIpc) is 2.72. The molecule has 1 aromatic rings. The first-order valence-electron chi connectivity index (χ1n) is 8.02. The topological polar surface area (TPSA) is 29.9 Å². The van der Waals surface area contributed by atoms with Crippen LogP contribution in [0.4, 0.5) is 0 Å². The van der Waals surface area contributed by atoms with Gasteiger partial charge in [-0.1, -0.05) is 51.1 Å². The maximum atomic E-state index is 6.35. The van der Waals surface area contributed by atoms with E-state index < -0.39 is 0 Å². The minimum atomic E-state index is 0.825. The normalized spacial score (nSPS) is 23.2. The van der Waals surface area contributed by atoms with Crippen LogP contribution in [0.2, 0.25) is 5.02 Å². The van der Waals surface area contributed by atoms with Crippen LogP contribution in [0.15, 0.2) is 0 Å². The van der Waals surface area contributed by atoms with E-state index in [-0.39, 0.29) is 0 Å². The fourth-order valence-corrected chi connectivity index (χ4v) is 3.50. The fraction of sp³-hybridized carbons (Fsp3) is 0.812. The van der Waals surface area contributed by atoms with Crippen LogP contribution in [0, 0.1) is 11.8 Å². The predicted octanol–water partition coefficient (Wildman–Crippen LogP) is 3.94. The summed E-state index contributed by atoms with van der Waals surface area (Å²) in [5.41, 5.74) is 2.12. The van der Waals surface area contributed by atoms with Gasteiger partial charge in [-0.2, -0.15) is 5.10 Å². The second-order valence-electron chi connectivity index (χ2n) is 6.28. The Labute approximate surface area is 128 Å². The molecule has 0 bridgehead atoms. The van der Waals surface area contributed by atoms with Gasteiger partial charge in [0.2, 0.25) is 0 Å². The van der Waals surface area contributed by atoms with Crippen molar-refractivity contribution in [3.63, 3.8) is 0 Å². The average molecular weight is 298 g/mol. The Bertz CT molecular complexity index is 420. The zero-order valence-electron chi connectivity index (χ0n) is 13.1. The number of halogens is 1. The first-order chi connectivity index (χ1) is 9.61. The van der Waals surface area contributed by atoms with Crippen molar-refractivity contribution in [2.24, 2.45) is 18.9 Å². The van der Waals surface area contributed by atoms with Crippen LogP contribution in [0.1, 0.15) is 57.3 Å². The standard InChI is InChI=1S/C16H28ClN3/c1-4-14-16(17)15(20(3)19-14)11-18-10-9-13-7-5-12(2)6-8-13/h12-13,18H,4-11H2,1-3H3. The minimum Gasteiger partial charge on any atom is -0.311 e. The Kier molecular flexibility index (Phi) is 5.91. The first-order valence-corrected chi connectivity index (χ1v) is 8.40. The summed E-state index contributed by atoms with van der Waals surface area (Å²) in [5.74, 6) is 1.87. The highest BCUT2D eigenvalue weighted by Crippen LogP contribution is 2.30. The quantitative estimate of drug-likeness (QED) is 0.806. The molecule has 0 spiro atoms. The molecule has 0 aliphatic heterocycles. The Morgan fingerprint density at radius 2 is 2.00 bits per heavy atom. The minimum absolute atomic E-state index is 0.825. The highest BCUT2D eigenvalue weighted by atomic mass is 35.5. The largest absolute Gasteiger partial charge is 0.311 e. The van der Waals surface area contributed by atoms with Gasteiger partial charge in [0, 0.05) is 13.6 Å². The molecule has 1 heterocycles. The molecule has 4 heteroatoms. The molecule has 3 nitrogen and oxygen atoms in total. The molecule has 1 N–H and O–H groups in total. The summed E-state index contributed by atoms with van der Waals surface area (Å²) in [6.07, 6.45) is 7.84. The monoisotopic (exact) mass is 297 g/mol. The van der Waals surface area contributed by atoms with E-state index in [0.717, 1.165) is 47.8 Å². The van der Waals surface area contributed by atoms with Crippen LogP contribution in [0.5, 0.6) is 0 Å². The van der Waals surface area contributed by atoms with E-state index in [1.807, 2.05) is 11.7 Å². The lowest BCUT2D eigenvalue weighted by Crippen LogP contribution is -2.21. The zero-order valence-corrected chi connectivity index (χ0v) is 13.8. The molecular weight excluding hydrogens is 270 g/mol. The van der Waals surface area contributed by atoms with Gasteiger partial charge in [-0.15, -0.1) is 0 Å². The lowest BCUT2D eigenvalue weighted by Gasteiger charge is -2.26. The van der Waals surface area contributed by atoms with Gasteiger partial charge in [-0.25, -0.2) is 0 Å². The Hall–Kier alpha value is -0.540. The Balaban J connectivity index is 1.72. The van der Waals surface area contributed by atoms with Crippen LogP contribution in [0.3, 0.4) is 0 Å².